The van der Waals surface area contributed by atoms with Crippen LogP contribution in [0.4, 0.5) is 0 Å². The molecule has 0 spiro atoms. The molecule has 3 atom stereocenters. The minimum atomic E-state index is -0.384. The lowest BCUT2D eigenvalue weighted by Gasteiger charge is -2.37. The molecular formula is C23H30N2O4. The number of piperidine rings is 1. The van der Waals surface area contributed by atoms with Crippen LogP contribution in [-0.4, -0.2) is 59.9 Å². The number of rotatable bonds is 3. The first-order valence-electron chi connectivity index (χ1n) is 10.8. The van der Waals surface area contributed by atoms with E-state index >= 15 is 0 Å². The van der Waals surface area contributed by atoms with E-state index in [-0.39, 0.29) is 35.8 Å². The van der Waals surface area contributed by atoms with Crippen LogP contribution in [0.1, 0.15) is 55.3 Å². The quantitative estimate of drug-likeness (QED) is 0.735. The Morgan fingerprint density at radius 1 is 0.966 bits per heavy atom. The summed E-state index contributed by atoms with van der Waals surface area (Å²) in [5, 5.41) is 0. The highest BCUT2D eigenvalue weighted by Gasteiger charge is 2.48. The van der Waals surface area contributed by atoms with Gasteiger partial charge in [-0.2, -0.15) is 0 Å². The van der Waals surface area contributed by atoms with Gasteiger partial charge in [-0.25, -0.2) is 0 Å². The second-order valence-electron chi connectivity index (χ2n) is 8.56. The first-order valence-corrected chi connectivity index (χ1v) is 10.8. The highest BCUT2D eigenvalue weighted by molar-refractivity contribution is 5.98. The summed E-state index contributed by atoms with van der Waals surface area (Å²) in [6, 6.07) is 9.09. The summed E-state index contributed by atoms with van der Waals surface area (Å²) in [6.45, 7) is 1.11. The second kappa shape index (κ2) is 8.56. The van der Waals surface area contributed by atoms with E-state index in [0.717, 1.165) is 25.7 Å². The van der Waals surface area contributed by atoms with Crippen molar-refractivity contribution in [3.8, 4) is 0 Å². The Bertz CT molecular complexity index is 757. The van der Waals surface area contributed by atoms with Crippen molar-refractivity contribution >= 4 is 17.8 Å². The predicted molar refractivity (Wildman–Crippen MR) is 108 cm³/mol. The van der Waals surface area contributed by atoms with Gasteiger partial charge in [-0.1, -0.05) is 31.0 Å². The minimum absolute atomic E-state index is 0.0252. The maximum atomic E-state index is 13.5. The zero-order valence-corrected chi connectivity index (χ0v) is 17.1. The summed E-state index contributed by atoms with van der Waals surface area (Å²) in [7, 11) is 1.41. The number of ether oxygens (including phenoxy) is 1. The zero-order chi connectivity index (χ0) is 20.4. The number of hydrogen-bond acceptors (Lipinski definition) is 4. The van der Waals surface area contributed by atoms with Crippen LogP contribution in [0, 0.1) is 11.8 Å². The van der Waals surface area contributed by atoms with Crippen molar-refractivity contribution in [2.24, 2.45) is 11.8 Å². The molecule has 6 nitrogen and oxygen atoms in total. The van der Waals surface area contributed by atoms with Gasteiger partial charge in [-0.05, 0) is 50.2 Å². The van der Waals surface area contributed by atoms with E-state index in [9.17, 15) is 14.4 Å². The van der Waals surface area contributed by atoms with Crippen molar-refractivity contribution in [3.05, 3.63) is 35.9 Å². The first kappa shape index (κ1) is 19.9. The molecule has 4 rings (SSSR count). The van der Waals surface area contributed by atoms with Gasteiger partial charge in [0, 0.05) is 24.7 Å². The largest absolute Gasteiger partial charge is 0.469 e. The molecule has 3 aliphatic rings. The van der Waals surface area contributed by atoms with Gasteiger partial charge >= 0.3 is 5.97 Å². The third-order valence-corrected chi connectivity index (χ3v) is 6.97. The Labute approximate surface area is 172 Å². The lowest BCUT2D eigenvalue weighted by molar-refractivity contribution is -0.149. The van der Waals surface area contributed by atoms with E-state index < -0.39 is 0 Å². The molecule has 0 N–H and O–H groups in total. The van der Waals surface area contributed by atoms with Crippen LogP contribution >= 0.6 is 0 Å². The Morgan fingerprint density at radius 3 is 2.34 bits per heavy atom. The smallest absolute Gasteiger partial charge is 0.308 e. The van der Waals surface area contributed by atoms with E-state index in [4.69, 9.17) is 4.74 Å². The summed E-state index contributed by atoms with van der Waals surface area (Å²) in [6.07, 6.45) is 6.40. The van der Waals surface area contributed by atoms with E-state index in [0.29, 0.717) is 37.4 Å². The number of carbonyl (C=O) groups excluding carboxylic acids is 3. The minimum Gasteiger partial charge on any atom is -0.469 e. The van der Waals surface area contributed by atoms with Crippen molar-refractivity contribution in [1.29, 1.82) is 0 Å². The standard InChI is InChI=1S/C23H30N2O4/c1-29-23(28)17-11-13-24(14-12-17)22(27)20-15-18-9-5-6-10-19(18)25(20)21(26)16-7-3-2-4-8-16/h2-4,7-8,17-20H,5-6,9-15H2,1H3. The fourth-order valence-corrected chi connectivity index (χ4v) is 5.42. The number of amides is 2. The van der Waals surface area contributed by atoms with Crippen LogP contribution < -0.4 is 0 Å². The molecule has 29 heavy (non-hydrogen) atoms. The van der Waals surface area contributed by atoms with Crippen LogP contribution in [0.3, 0.4) is 0 Å². The fourth-order valence-electron chi connectivity index (χ4n) is 5.42. The predicted octanol–water partition coefficient (Wildman–Crippen LogP) is 2.87. The molecular weight excluding hydrogens is 368 g/mol. The van der Waals surface area contributed by atoms with E-state index in [2.05, 4.69) is 0 Å². The topological polar surface area (TPSA) is 66.9 Å². The van der Waals surface area contributed by atoms with Crippen molar-refractivity contribution in [2.45, 2.75) is 57.0 Å². The molecule has 0 radical (unpaired) electrons. The number of methoxy groups -OCH3 is 1. The van der Waals surface area contributed by atoms with Gasteiger partial charge in [0.1, 0.15) is 6.04 Å². The second-order valence-corrected chi connectivity index (χ2v) is 8.56. The van der Waals surface area contributed by atoms with Gasteiger partial charge < -0.3 is 14.5 Å². The van der Waals surface area contributed by atoms with E-state index in [1.54, 1.807) is 0 Å². The summed E-state index contributed by atoms with van der Waals surface area (Å²) >= 11 is 0. The molecule has 2 heterocycles. The fraction of sp³-hybridized carbons (Fsp3) is 0.609. The average Bonchev–Trinajstić information content (AvgIpc) is 3.17. The third kappa shape index (κ3) is 3.89. The molecule has 156 valence electrons. The van der Waals surface area contributed by atoms with Gasteiger partial charge in [-0.15, -0.1) is 0 Å². The Balaban J connectivity index is 1.52. The van der Waals surface area contributed by atoms with Crippen molar-refractivity contribution in [3.63, 3.8) is 0 Å². The molecule has 6 heteroatoms. The van der Waals surface area contributed by atoms with Crippen LogP contribution in [-0.2, 0) is 14.3 Å². The third-order valence-electron chi connectivity index (χ3n) is 6.97. The van der Waals surface area contributed by atoms with Crippen LogP contribution in [0.2, 0.25) is 0 Å². The monoisotopic (exact) mass is 398 g/mol. The first-order chi connectivity index (χ1) is 14.1. The number of likely N-dealkylation sites (tertiary alicyclic amines) is 2. The molecule has 1 saturated carbocycles. The lowest BCUT2D eigenvalue weighted by Crippen LogP contribution is -2.52. The number of hydrogen-bond donors (Lipinski definition) is 0. The van der Waals surface area contributed by atoms with Crippen LogP contribution in [0.5, 0.6) is 0 Å². The number of carbonyl (C=O) groups is 3. The maximum absolute atomic E-state index is 13.5. The van der Waals surface area contributed by atoms with Crippen molar-refractivity contribution in [1.82, 2.24) is 9.80 Å². The molecule has 1 aromatic carbocycles. The highest BCUT2D eigenvalue weighted by Crippen LogP contribution is 2.41. The lowest BCUT2D eigenvalue weighted by atomic mass is 9.84. The van der Waals surface area contributed by atoms with Gasteiger partial charge in [0.05, 0.1) is 13.0 Å². The Hall–Kier alpha value is -2.37. The van der Waals surface area contributed by atoms with Crippen molar-refractivity contribution < 1.29 is 19.1 Å². The summed E-state index contributed by atoms with van der Waals surface area (Å²) < 4.78 is 4.85. The molecule has 3 fully saturated rings. The summed E-state index contributed by atoms with van der Waals surface area (Å²) in [4.78, 5) is 42.4. The van der Waals surface area contributed by atoms with Gasteiger partial charge in [-0.3, -0.25) is 14.4 Å². The van der Waals surface area contributed by atoms with Crippen LogP contribution in [0.25, 0.3) is 0 Å². The number of benzene rings is 1. The summed E-state index contributed by atoms with van der Waals surface area (Å²) in [5.41, 5.74) is 0.654. The Morgan fingerprint density at radius 2 is 1.66 bits per heavy atom. The molecule has 2 aliphatic heterocycles. The molecule has 1 aliphatic carbocycles. The normalized spacial score (nSPS) is 27.4. The molecule has 0 aromatic heterocycles. The van der Waals surface area contributed by atoms with E-state index in [1.807, 2.05) is 40.1 Å². The highest BCUT2D eigenvalue weighted by atomic mass is 16.5. The van der Waals surface area contributed by atoms with Crippen molar-refractivity contribution in [2.75, 3.05) is 20.2 Å². The Kier molecular flexibility index (Phi) is 5.88. The van der Waals surface area contributed by atoms with E-state index in [1.165, 1.54) is 13.5 Å². The maximum Gasteiger partial charge on any atom is 0.308 e. The number of nitrogens with zero attached hydrogens (tertiary/aromatic N) is 2. The molecule has 2 saturated heterocycles. The number of esters is 1. The molecule has 1 aromatic rings. The number of fused-ring (bicyclic) bond motifs is 1. The molecule has 3 unspecified atom stereocenters. The summed E-state index contributed by atoms with van der Waals surface area (Å²) in [5.74, 6) is 0.120. The van der Waals surface area contributed by atoms with Gasteiger partial charge in [0.2, 0.25) is 5.91 Å². The SMILES string of the molecule is COC(=O)C1CCN(C(=O)C2CC3CCCCC3N2C(=O)c2ccccc2)CC1. The molecule has 2 amide bonds. The van der Waals surface area contributed by atoms with Crippen LogP contribution in [0.15, 0.2) is 30.3 Å². The van der Waals surface area contributed by atoms with Gasteiger partial charge in [0.15, 0.2) is 0 Å². The van der Waals surface area contributed by atoms with Gasteiger partial charge in [0.25, 0.3) is 5.91 Å². The zero-order valence-electron chi connectivity index (χ0n) is 17.1. The average molecular weight is 399 g/mol. The molecule has 0 bridgehead atoms.